The molecule has 0 fully saturated rings. The fourth-order valence-corrected chi connectivity index (χ4v) is 7.02. The Balaban J connectivity index is 2.22. The average Bonchev–Trinajstić information content (AvgIpc) is 3.69. The Labute approximate surface area is 393 Å². The summed E-state index contributed by atoms with van der Waals surface area (Å²) in [6.45, 7) is 1.76. The van der Waals surface area contributed by atoms with Gasteiger partial charge in [-0.15, -0.1) is 0 Å². The monoisotopic (exact) mass is 960 g/mol. The summed E-state index contributed by atoms with van der Waals surface area (Å²) in [5.41, 5.74) is 12.4. The van der Waals surface area contributed by atoms with Gasteiger partial charge < -0.3 is 74.1 Å². The first-order chi connectivity index (χ1) is 32.3. The van der Waals surface area contributed by atoms with Crippen LogP contribution in [0.1, 0.15) is 103 Å². The maximum atomic E-state index is 13.9. The third kappa shape index (κ3) is 21.3. The van der Waals surface area contributed by atoms with Crippen molar-refractivity contribution >= 4 is 70.1 Å². The second kappa shape index (κ2) is 30.6. The van der Waals surface area contributed by atoms with Gasteiger partial charge in [-0.05, 0) is 44.4 Å². The molecule has 0 saturated carbocycles. The number of hydrogen-bond acceptors (Lipinski definition) is 13. The van der Waals surface area contributed by atoms with Gasteiger partial charge in [0.2, 0.25) is 47.3 Å². The molecule has 0 bridgehead atoms. The van der Waals surface area contributed by atoms with Gasteiger partial charge in [-0.25, -0.2) is 0 Å². The number of carboxylic acid groups (broad SMARTS) is 2. The van der Waals surface area contributed by atoms with Gasteiger partial charge in [-0.2, -0.15) is 0 Å². The maximum Gasteiger partial charge on any atom is 0.305 e. The highest BCUT2D eigenvalue weighted by atomic mass is 16.4. The number of amides is 8. The largest absolute Gasteiger partial charge is 0.481 e. The second-order valence-corrected chi connectivity index (χ2v) is 16.4. The van der Waals surface area contributed by atoms with E-state index in [0.717, 1.165) is 56.4 Å². The highest BCUT2D eigenvalue weighted by Gasteiger charge is 2.35. The number of carbonyl (C=O) groups is 10. The minimum atomic E-state index is -1.99. The van der Waals surface area contributed by atoms with Gasteiger partial charge in [0.15, 0.2) is 0 Å². The number of aliphatic hydroxyl groups excluding tert-OH is 2. The third-order valence-corrected chi connectivity index (χ3v) is 10.6. The molecule has 8 amide bonds. The van der Waals surface area contributed by atoms with Crippen molar-refractivity contribution in [3.8, 4) is 0 Å². The highest BCUT2D eigenvalue weighted by Crippen LogP contribution is 2.20. The lowest BCUT2D eigenvalue weighted by atomic mass is 10.0. The third-order valence-electron chi connectivity index (χ3n) is 10.6. The number of benzene rings is 1. The van der Waals surface area contributed by atoms with E-state index in [9.17, 15) is 63.3 Å². The van der Waals surface area contributed by atoms with Gasteiger partial charge in [0, 0.05) is 29.9 Å². The summed E-state index contributed by atoms with van der Waals surface area (Å²) >= 11 is 0. The van der Waals surface area contributed by atoms with Gasteiger partial charge in [0.25, 0.3) is 0 Å². The molecule has 0 aliphatic carbocycles. The maximum absolute atomic E-state index is 13.9. The van der Waals surface area contributed by atoms with E-state index in [1.54, 1.807) is 18.3 Å². The molecule has 1 aromatic heterocycles. The lowest BCUT2D eigenvalue weighted by Gasteiger charge is -2.26. The lowest BCUT2D eigenvalue weighted by Crippen LogP contribution is -2.61. The smallest absolute Gasteiger partial charge is 0.305 e. The Morgan fingerprint density at radius 2 is 1.24 bits per heavy atom. The molecule has 0 aliphatic rings. The van der Waals surface area contributed by atoms with Crippen LogP contribution in [0.4, 0.5) is 0 Å². The number of rotatable bonds is 34. The molecule has 7 atom stereocenters. The highest BCUT2D eigenvalue weighted by molar-refractivity contribution is 5.99. The van der Waals surface area contributed by atoms with E-state index in [2.05, 4.69) is 49.1 Å². The van der Waals surface area contributed by atoms with Crippen LogP contribution >= 0.6 is 0 Å². The predicted octanol–water partition coefficient (Wildman–Crippen LogP) is -2.19. The van der Waals surface area contributed by atoms with E-state index in [4.69, 9.17) is 16.6 Å². The van der Waals surface area contributed by atoms with Crippen LogP contribution in [0.5, 0.6) is 0 Å². The van der Waals surface area contributed by atoms with E-state index in [1.807, 2.05) is 12.1 Å². The first-order valence-electron chi connectivity index (χ1n) is 22.6. The van der Waals surface area contributed by atoms with Gasteiger partial charge in [0.05, 0.1) is 44.6 Å². The summed E-state index contributed by atoms with van der Waals surface area (Å²) in [4.78, 5) is 131. The fraction of sp³-hybridized carbons (Fsp3) is 0.591. The number of H-pyrrole nitrogens is 1. The quantitative estimate of drug-likeness (QED) is 0.0332. The lowest BCUT2D eigenvalue weighted by molar-refractivity contribution is -0.142. The minimum absolute atomic E-state index is 0.0121. The van der Waals surface area contributed by atoms with Gasteiger partial charge in [0.1, 0.15) is 30.2 Å². The first kappa shape index (κ1) is 57.5. The molecule has 24 heteroatoms. The Bertz CT molecular complexity index is 2030. The molecular formula is C44H68N10O14. The van der Waals surface area contributed by atoms with Crippen molar-refractivity contribution in [3.63, 3.8) is 0 Å². The predicted molar refractivity (Wildman–Crippen MR) is 245 cm³/mol. The topological polar surface area (TPSA) is 404 Å². The van der Waals surface area contributed by atoms with Crippen molar-refractivity contribution in [2.24, 2.45) is 11.5 Å². The number of aliphatic carboxylic acids is 2. The van der Waals surface area contributed by atoms with Crippen LogP contribution in [0.3, 0.4) is 0 Å². The number of nitrogens with two attached hydrogens (primary N) is 2. The Morgan fingerprint density at radius 3 is 1.84 bits per heavy atom. The number of aromatic amines is 1. The number of hydrogen-bond donors (Lipinski definition) is 14. The van der Waals surface area contributed by atoms with Crippen molar-refractivity contribution < 1.29 is 68.4 Å². The molecule has 68 heavy (non-hydrogen) atoms. The molecule has 0 spiro atoms. The van der Waals surface area contributed by atoms with E-state index in [0.29, 0.717) is 12.0 Å². The number of fused-ring (bicyclic) bond motifs is 1. The number of aromatic nitrogens is 1. The van der Waals surface area contributed by atoms with Crippen molar-refractivity contribution in [3.05, 3.63) is 36.0 Å². The van der Waals surface area contributed by atoms with Crippen molar-refractivity contribution in [2.45, 2.75) is 146 Å². The standard InChI is InChI=1S/C44H68N10O14/c1-3-4-5-6-7-8-9-16-35(58)51-31(18-26-22-47-29-14-11-10-13-28(26)29)41(65)52-32(20-34(46)57)42(66)53-33(21-38(62)63)43(67)54-39(25(2)56)44(68)48-23-36(59)50-30(15-12-17-45)40(64)49-27(24-55)19-37(60)61/h10-11,13-14,22,25,27,30-33,39,47,55-56H,3-9,12,15-21,23-24,45H2,1-2H3,(H2,46,57)(H,48,68)(H,49,64)(H,50,59)(H,51,58)(H,52,65)(H,53,66)(H,54,67)(H,60,61)(H,62,63)/t25?,27?,30-,31+,32+,33+,39?/m1/s1. The van der Waals surface area contributed by atoms with Crippen LogP contribution < -0.4 is 48.7 Å². The molecule has 1 heterocycles. The number of aliphatic hydroxyl groups is 2. The second-order valence-electron chi connectivity index (χ2n) is 16.4. The normalized spacial score (nSPS) is 14.1. The van der Waals surface area contributed by atoms with Gasteiger partial charge in [-0.1, -0.05) is 63.6 Å². The molecule has 0 aliphatic heterocycles. The average molecular weight is 961 g/mol. The zero-order valence-electron chi connectivity index (χ0n) is 38.5. The molecule has 378 valence electrons. The van der Waals surface area contributed by atoms with E-state index in [1.165, 1.54) is 0 Å². The molecule has 1 aromatic carbocycles. The molecule has 24 nitrogen and oxygen atoms in total. The molecule has 2 aromatic rings. The SMILES string of the molecule is CCCCCCCCCC(=O)N[C@@H](Cc1c[nH]c2ccccc12)C(=O)N[C@@H](CC(N)=O)C(=O)N[C@@H](CC(=O)O)C(=O)NC(C(=O)NCC(=O)N[C@H](CCCN)C(=O)NC(CO)CC(=O)O)C(C)O. The number of carbonyl (C=O) groups excluding carboxylic acids is 8. The van der Waals surface area contributed by atoms with Crippen LogP contribution in [0.2, 0.25) is 0 Å². The zero-order chi connectivity index (χ0) is 50.8. The van der Waals surface area contributed by atoms with Gasteiger partial charge >= 0.3 is 11.9 Å². The first-order valence-corrected chi connectivity index (χ1v) is 22.6. The minimum Gasteiger partial charge on any atom is -0.481 e. The van der Waals surface area contributed by atoms with E-state index < -0.39 is 134 Å². The molecule has 2 rings (SSSR count). The molecule has 16 N–H and O–H groups in total. The van der Waals surface area contributed by atoms with Crippen molar-refractivity contribution in [1.29, 1.82) is 0 Å². The fourth-order valence-electron chi connectivity index (χ4n) is 7.02. The Kier molecular flexibility index (Phi) is 25.9. The Morgan fingerprint density at radius 1 is 0.662 bits per heavy atom. The van der Waals surface area contributed by atoms with Crippen LogP contribution in [0, 0.1) is 0 Å². The van der Waals surface area contributed by atoms with E-state index in [-0.39, 0.29) is 32.2 Å². The van der Waals surface area contributed by atoms with Crippen LogP contribution in [0.25, 0.3) is 10.9 Å². The number of carboxylic acids is 2. The van der Waals surface area contributed by atoms with Crippen LogP contribution in [-0.4, -0.2) is 147 Å². The number of para-hydroxylation sites is 1. The Hall–Kier alpha value is -6.66. The zero-order valence-corrected chi connectivity index (χ0v) is 38.5. The number of primary amides is 1. The summed E-state index contributed by atoms with van der Waals surface area (Å²) in [6, 6.07) is -2.16. The van der Waals surface area contributed by atoms with Gasteiger partial charge in [-0.3, -0.25) is 47.9 Å². The molecular weight excluding hydrogens is 893 g/mol. The summed E-state index contributed by atoms with van der Waals surface area (Å²) in [6.07, 6.45) is 4.36. The van der Waals surface area contributed by atoms with Crippen LogP contribution in [0.15, 0.2) is 30.5 Å². The number of unbranched alkanes of at least 4 members (excludes halogenated alkanes) is 6. The van der Waals surface area contributed by atoms with Crippen molar-refractivity contribution in [2.75, 3.05) is 19.7 Å². The molecule has 0 saturated heterocycles. The van der Waals surface area contributed by atoms with Crippen LogP contribution in [-0.2, 0) is 54.4 Å². The summed E-state index contributed by atoms with van der Waals surface area (Å²) in [7, 11) is 0. The summed E-state index contributed by atoms with van der Waals surface area (Å²) < 4.78 is 0. The van der Waals surface area contributed by atoms with Crippen molar-refractivity contribution in [1.82, 2.24) is 42.2 Å². The number of nitrogens with one attached hydrogen (secondary N) is 8. The molecule has 3 unspecified atom stereocenters. The summed E-state index contributed by atoms with van der Waals surface area (Å²) in [5, 5.41) is 55.5. The molecule has 0 radical (unpaired) electrons. The summed E-state index contributed by atoms with van der Waals surface area (Å²) in [5.74, 6) is -10.8. The van der Waals surface area contributed by atoms with E-state index >= 15 is 0 Å².